The first kappa shape index (κ1) is 12.3. The van der Waals surface area contributed by atoms with Crippen LogP contribution in [0.2, 0.25) is 0 Å². The largest absolute Gasteiger partial charge is 0.476 e. The van der Waals surface area contributed by atoms with Crippen LogP contribution in [0.15, 0.2) is 36.5 Å². The molecule has 3 aromatic rings. The molecule has 0 fully saturated rings. The van der Waals surface area contributed by atoms with Crippen LogP contribution in [0, 0.1) is 13.8 Å². The van der Waals surface area contributed by atoms with E-state index in [-0.39, 0.29) is 5.69 Å². The van der Waals surface area contributed by atoms with Crippen molar-refractivity contribution in [1.29, 1.82) is 0 Å². The van der Waals surface area contributed by atoms with Gasteiger partial charge in [0.05, 0.1) is 5.69 Å². The summed E-state index contributed by atoms with van der Waals surface area (Å²) in [5.74, 6) is -0.328. The second-order valence-electron chi connectivity index (χ2n) is 4.66. The Kier molecular flexibility index (Phi) is 2.75. The molecule has 2 aromatic heterocycles. The quantitative estimate of drug-likeness (QED) is 0.775. The third-order valence-electron chi connectivity index (χ3n) is 3.27. The fourth-order valence-corrected chi connectivity index (χ4v) is 2.24. The number of carboxylic acids is 1. The lowest BCUT2D eigenvalue weighted by atomic mass is 10.1. The number of carboxylic acid groups (broad SMARTS) is 1. The molecule has 100 valence electrons. The van der Waals surface area contributed by atoms with Gasteiger partial charge in [-0.3, -0.25) is 4.40 Å². The predicted molar refractivity (Wildman–Crippen MR) is 74.9 cm³/mol. The highest BCUT2D eigenvalue weighted by atomic mass is 16.4. The number of imidazole rings is 1. The third kappa shape index (κ3) is 1.93. The van der Waals surface area contributed by atoms with E-state index < -0.39 is 5.97 Å². The number of fused-ring (bicyclic) bond motifs is 1. The molecule has 3 rings (SSSR count). The molecule has 0 aliphatic rings. The van der Waals surface area contributed by atoms with E-state index in [1.54, 1.807) is 4.40 Å². The Balaban J connectivity index is 2.24. The SMILES string of the molecule is Cc1ccccc1-c1cc2nc(C(=O)O)cn2c(C)n1. The lowest BCUT2D eigenvalue weighted by molar-refractivity contribution is 0.0691. The molecular weight excluding hydrogens is 254 g/mol. The van der Waals surface area contributed by atoms with E-state index in [2.05, 4.69) is 9.97 Å². The van der Waals surface area contributed by atoms with Gasteiger partial charge in [-0.05, 0) is 19.4 Å². The van der Waals surface area contributed by atoms with Gasteiger partial charge < -0.3 is 5.11 Å². The maximum atomic E-state index is 11.0. The minimum absolute atomic E-state index is 0.0248. The van der Waals surface area contributed by atoms with Crippen molar-refractivity contribution in [2.24, 2.45) is 0 Å². The van der Waals surface area contributed by atoms with Gasteiger partial charge in [0.1, 0.15) is 11.5 Å². The lowest BCUT2D eigenvalue weighted by Crippen LogP contribution is -1.97. The molecule has 2 heterocycles. The van der Waals surface area contributed by atoms with Crippen LogP contribution in [0.4, 0.5) is 0 Å². The lowest BCUT2D eigenvalue weighted by Gasteiger charge is -2.07. The van der Waals surface area contributed by atoms with Crippen molar-refractivity contribution in [2.75, 3.05) is 0 Å². The molecule has 0 bridgehead atoms. The molecule has 0 saturated heterocycles. The molecular formula is C15H13N3O2. The standard InChI is InChI=1S/C15H13N3O2/c1-9-5-3-4-6-11(9)12-7-14-17-13(15(19)20)8-18(14)10(2)16-12/h3-8H,1-2H3,(H,19,20). The number of hydrogen-bond acceptors (Lipinski definition) is 3. The number of aromatic carboxylic acids is 1. The zero-order chi connectivity index (χ0) is 14.3. The highest BCUT2D eigenvalue weighted by Crippen LogP contribution is 2.23. The minimum Gasteiger partial charge on any atom is -0.476 e. The Morgan fingerprint density at radius 3 is 2.65 bits per heavy atom. The number of nitrogens with zero attached hydrogens (tertiary/aromatic N) is 3. The fraction of sp³-hybridized carbons (Fsp3) is 0.133. The number of hydrogen-bond donors (Lipinski definition) is 1. The molecule has 0 atom stereocenters. The van der Waals surface area contributed by atoms with Gasteiger partial charge in [0.2, 0.25) is 0 Å². The molecule has 0 unspecified atom stereocenters. The molecule has 5 heteroatoms. The molecule has 20 heavy (non-hydrogen) atoms. The molecule has 0 amide bonds. The average Bonchev–Trinajstić information content (AvgIpc) is 2.84. The second-order valence-corrected chi connectivity index (χ2v) is 4.66. The summed E-state index contributed by atoms with van der Waals surface area (Å²) in [4.78, 5) is 19.6. The zero-order valence-corrected chi connectivity index (χ0v) is 11.2. The van der Waals surface area contributed by atoms with Crippen LogP contribution in [0.1, 0.15) is 21.9 Å². The molecule has 0 saturated carbocycles. The molecule has 0 aliphatic carbocycles. The Morgan fingerprint density at radius 1 is 1.20 bits per heavy atom. The van der Waals surface area contributed by atoms with Gasteiger partial charge in [-0.25, -0.2) is 14.8 Å². The van der Waals surface area contributed by atoms with Crippen LogP contribution in [-0.4, -0.2) is 25.4 Å². The van der Waals surface area contributed by atoms with Gasteiger partial charge in [-0.2, -0.15) is 0 Å². The van der Waals surface area contributed by atoms with E-state index in [9.17, 15) is 4.79 Å². The third-order valence-corrected chi connectivity index (χ3v) is 3.27. The number of rotatable bonds is 2. The topological polar surface area (TPSA) is 67.5 Å². The van der Waals surface area contributed by atoms with Crippen LogP contribution in [-0.2, 0) is 0 Å². The minimum atomic E-state index is -1.04. The van der Waals surface area contributed by atoms with Gasteiger partial charge in [0.15, 0.2) is 5.69 Å². The van der Waals surface area contributed by atoms with Gasteiger partial charge >= 0.3 is 5.97 Å². The maximum Gasteiger partial charge on any atom is 0.356 e. The van der Waals surface area contributed by atoms with Gasteiger partial charge in [0, 0.05) is 17.8 Å². The normalized spacial score (nSPS) is 10.9. The first-order valence-electron chi connectivity index (χ1n) is 6.22. The molecule has 0 aliphatic heterocycles. The van der Waals surface area contributed by atoms with Crippen molar-refractivity contribution >= 4 is 11.6 Å². The van der Waals surface area contributed by atoms with Crippen LogP contribution in [0.5, 0.6) is 0 Å². The Hall–Kier alpha value is -2.69. The van der Waals surface area contributed by atoms with Crippen molar-refractivity contribution < 1.29 is 9.90 Å². The second kappa shape index (κ2) is 4.45. The molecule has 0 spiro atoms. The smallest absolute Gasteiger partial charge is 0.356 e. The zero-order valence-electron chi connectivity index (χ0n) is 11.2. The summed E-state index contributed by atoms with van der Waals surface area (Å²) in [6, 6.07) is 9.75. The van der Waals surface area contributed by atoms with Crippen molar-refractivity contribution in [3.05, 3.63) is 53.6 Å². The number of aryl methyl sites for hydroxylation is 2. The molecule has 1 aromatic carbocycles. The van der Waals surface area contributed by atoms with E-state index in [0.29, 0.717) is 11.5 Å². The maximum absolute atomic E-state index is 11.0. The summed E-state index contributed by atoms with van der Waals surface area (Å²) in [5.41, 5.74) is 3.56. The van der Waals surface area contributed by atoms with E-state index in [1.807, 2.05) is 44.2 Å². The summed E-state index contributed by atoms with van der Waals surface area (Å²) in [6.07, 6.45) is 1.49. The monoisotopic (exact) mass is 267 g/mol. The summed E-state index contributed by atoms with van der Waals surface area (Å²) in [6.45, 7) is 3.85. The summed E-state index contributed by atoms with van der Waals surface area (Å²) >= 11 is 0. The van der Waals surface area contributed by atoms with E-state index in [1.165, 1.54) is 6.20 Å². The van der Waals surface area contributed by atoms with Crippen LogP contribution in [0.3, 0.4) is 0 Å². The average molecular weight is 267 g/mol. The predicted octanol–water partition coefficient (Wildman–Crippen LogP) is 2.71. The summed E-state index contributed by atoms with van der Waals surface area (Å²) in [5, 5.41) is 9.01. The van der Waals surface area contributed by atoms with Crippen LogP contribution >= 0.6 is 0 Å². The summed E-state index contributed by atoms with van der Waals surface area (Å²) in [7, 11) is 0. The van der Waals surface area contributed by atoms with Gasteiger partial charge in [-0.1, -0.05) is 24.3 Å². The molecule has 5 nitrogen and oxygen atoms in total. The fourth-order valence-electron chi connectivity index (χ4n) is 2.24. The first-order chi connectivity index (χ1) is 9.56. The Bertz CT molecular complexity index is 821. The van der Waals surface area contributed by atoms with Crippen molar-refractivity contribution in [1.82, 2.24) is 14.4 Å². The molecule has 0 radical (unpaired) electrons. The molecule has 1 N–H and O–H groups in total. The van der Waals surface area contributed by atoms with Gasteiger partial charge in [0.25, 0.3) is 0 Å². The van der Waals surface area contributed by atoms with Crippen LogP contribution < -0.4 is 0 Å². The Morgan fingerprint density at radius 2 is 1.95 bits per heavy atom. The number of aromatic nitrogens is 3. The Labute approximate surface area is 115 Å². The number of benzene rings is 1. The van der Waals surface area contributed by atoms with E-state index >= 15 is 0 Å². The van der Waals surface area contributed by atoms with Crippen molar-refractivity contribution in [3.8, 4) is 11.3 Å². The van der Waals surface area contributed by atoms with Crippen molar-refractivity contribution in [3.63, 3.8) is 0 Å². The number of carbonyl (C=O) groups is 1. The van der Waals surface area contributed by atoms with Gasteiger partial charge in [-0.15, -0.1) is 0 Å². The van der Waals surface area contributed by atoms with Crippen LogP contribution in [0.25, 0.3) is 16.9 Å². The summed E-state index contributed by atoms with van der Waals surface area (Å²) < 4.78 is 1.69. The van der Waals surface area contributed by atoms with E-state index in [0.717, 1.165) is 16.8 Å². The highest BCUT2D eigenvalue weighted by Gasteiger charge is 2.12. The van der Waals surface area contributed by atoms with E-state index in [4.69, 9.17) is 5.11 Å². The first-order valence-corrected chi connectivity index (χ1v) is 6.22. The highest BCUT2D eigenvalue weighted by molar-refractivity contribution is 5.86. The van der Waals surface area contributed by atoms with Crippen molar-refractivity contribution in [2.45, 2.75) is 13.8 Å².